The molecule has 3 rings (SSSR count). The number of hydrogen-bond donors (Lipinski definition) is 3. The molecule has 26 heavy (non-hydrogen) atoms. The Bertz CT molecular complexity index is 422. The minimum atomic E-state index is -1.19. The minimum absolute atomic E-state index is 0.0473. The molecule has 152 valence electrons. The van der Waals surface area contributed by atoms with E-state index in [1.807, 2.05) is 0 Å². The molecule has 3 aliphatic heterocycles. The number of ether oxygens (including phenoxy) is 5. The summed E-state index contributed by atoms with van der Waals surface area (Å²) in [6, 6.07) is 0. The van der Waals surface area contributed by atoms with E-state index in [0.717, 1.165) is 6.42 Å². The van der Waals surface area contributed by atoms with Crippen LogP contribution in [0, 0.1) is 0 Å². The Hall–Kier alpha value is -0.320. The van der Waals surface area contributed by atoms with Gasteiger partial charge in [0.2, 0.25) is 0 Å². The highest BCUT2D eigenvalue weighted by Gasteiger charge is 2.59. The maximum Gasteiger partial charge on any atom is 0.186 e. The van der Waals surface area contributed by atoms with Gasteiger partial charge in [-0.1, -0.05) is 39.0 Å². The monoisotopic (exact) mass is 376 g/mol. The number of unbranched alkanes of at least 4 members (excludes halogenated alkanes) is 5. The SMILES string of the molecule is CCCCCCCCO[C@H]1O[C@H](CO[C@H]2O[C@H](CO)[C@@H](O)[C@@H]2O)[C@@H]2O[C@H]12. The van der Waals surface area contributed by atoms with E-state index in [1.54, 1.807) is 0 Å². The van der Waals surface area contributed by atoms with Crippen molar-refractivity contribution in [1.82, 2.24) is 0 Å². The topological polar surface area (TPSA) is 110 Å². The first-order valence-corrected chi connectivity index (χ1v) is 9.82. The Morgan fingerprint density at radius 1 is 0.769 bits per heavy atom. The van der Waals surface area contributed by atoms with Crippen molar-refractivity contribution >= 4 is 0 Å². The fourth-order valence-electron chi connectivity index (χ4n) is 3.52. The summed E-state index contributed by atoms with van der Waals surface area (Å²) in [5, 5.41) is 28.7. The average Bonchev–Trinajstić information content (AvgIpc) is 3.30. The third kappa shape index (κ3) is 4.94. The maximum absolute atomic E-state index is 9.87. The molecule has 8 heteroatoms. The number of aliphatic hydroxyl groups excluding tert-OH is 3. The zero-order chi connectivity index (χ0) is 18.5. The normalized spacial score (nSPS) is 41.5. The van der Waals surface area contributed by atoms with Crippen LogP contribution >= 0.6 is 0 Å². The van der Waals surface area contributed by atoms with E-state index < -0.39 is 24.6 Å². The molecule has 0 spiro atoms. The van der Waals surface area contributed by atoms with Crippen LogP contribution < -0.4 is 0 Å². The van der Waals surface area contributed by atoms with Gasteiger partial charge in [0.15, 0.2) is 12.6 Å². The second-order valence-electron chi connectivity index (χ2n) is 7.29. The lowest BCUT2D eigenvalue weighted by Crippen LogP contribution is -2.36. The summed E-state index contributed by atoms with van der Waals surface area (Å²) in [5.74, 6) is 0. The highest BCUT2D eigenvalue weighted by Crippen LogP contribution is 2.40. The van der Waals surface area contributed by atoms with Crippen molar-refractivity contribution in [3.8, 4) is 0 Å². The third-order valence-corrected chi connectivity index (χ3v) is 5.21. The molecule has 0 amide bonds. The van der Waals surface area contributed by atoms with E-state index >= 15 is 0 Å². The molecule has 3 fully saturated rings. The fraction of sp³-hybridized carbons (Fsp3) is 1.00. The number of aliphatic hydroxyl groups is 3. The summed E-state index contributed by atoms with van der Waals surface area (Å²) in [7, 11) is 0. The van der Waals surface area contributed by atoms with Gasteiger partial charge in [0, 0.05) is 6.61 Å². The van der Waals surface area contributed by atoms with Gasteiger partial charge in [0.1, 0.15) is 36.6 Å². The van der Waals surface area contributed by atoms with Crippen LogP contribution in [0.5, 0.6) is 0 Å². The minimum Gasteiger partial charge on any atom is -0.394 e. The molecule has 3 N–H and O–H groups in total. The van der Waals surface area contributed by atoms with Gasteiger partial charge in [0.05, 0.1) is 13.2 Å². The van der Waals surface area contributed by atoms with Crippen molar-refractivity contribution in [2.45, 2.75) is 94.7 Å². The van der Waals surface area contributed by atoms with E-state index in [4.69, 9.17) is 28.8 Å². The summed E-state index contributed by atoms with van der Waals surface area (Å²) in [5.41, 5.74) is 0. The Morgan fingerprint density at radius 2 is 1.50 bits per heavy atom. The Balaban J connectivity index is 1.30. The van der Waals surface area contributed by atoms with Crippen LogP contribution in [0.1, 0.15) is 45.4 Å². The van der Waals surface area contributed by atoms with Gasteiger partial charge >= 0.3 is 0 Å². The van der Waals surface area contributed by atoms with Crippen LogP contribution in [-0.4, -0.2) is 84.3 Å². The molecular formula is C18H32O8. The van der Waals surface area contributed by atoms with Crippen molar-refractivity contribution in [2.75, 3.05) is 19.8 Å². The number of epoxide rings is 1. The summed E-state index contributed by atoms with van der Waals surface area (Å²) in [6.07, 6.45) is 2.34. The predicted molar refractivity (Wildman–Crippen MR) is 90.4 cm³/mol. The van der Waals surface area contributed by atoms with E-state index in [2.05, 4.69) is 6.92 Å². The number of fused-ring (bicyclic) bond motifs is 1. The van der Waals surface area contributed by atoms with Gasteiger partial charge in [-0.05, 0) is 6.42 Å². The molecule has 8 atom stereocenters. The number of rotatable bonds is 12. The molecule has 0 saturated carbocycles. The quantitative estimate of drug-likeness (QED) is 0.330. The van der Waals surface area contributed by atoms with Crippen molar-refractivity contribution in [2.24, 2.45) is 0 Å². The first-order valence-electron chi connectivity index (χ1n) is 9.82. The standard InChI is InChI=1S/C18H32O8/c1-2-3-4-5-6-7-8-22-18-16-15(26-16)12(25-18)10-23-17-14(21)13(20)11(9-19)24-17/h11-21H,2-10H2,1H3/t11-,12-,13-,14+,15+,16+,17+,18+/m1/s1. The van der Waals surface area contributed by atoms with Gasteiger partial charge in [0.25, 0.3) is 0 Å². The number of hydrogen-bond acceptors (Lipinski definition) is 8. The highest BCUT2D eigenvalue weighted by molar-refractivity contribution is 5.00. The molecule has 0 aromatic rings. The molecule has 8 nitrogen and oxygen atoms in total. The van der Waals surface area contributed by atoms with Crippen molar-refractivity contribution in [3.63, 3.8) is 0 Å². The van der Waals surface area contributed by atoms with Crippen LogP contribution in [0.25, 0.3) is 0 Å². The van der Waals surface area contributed by atoms with E-state index in [-0.39, 0.29) is 37.8 Å². The zero-order valence-electron chi connectivity index (χ0n) is 15.4. The molecule has 3 heterocycles. The molecule has 3 aliphatic rings. The lowest BCUT2D eigenvalue weighted by atomic mass is 10.1. The molecular weight excluding hydrogens is 344 g/mol. The van der Waals surface area contributed by atoms with Gasteiger partial charge in [-0.2, -0.15) is 0 Å². The van der Waals surface area contributed by atoms with E-state index in [9.17, 15) is 10.2 Å². The molecule has 0 aromatic carbocycles. The Labute approximate surface area is 154 Å². The first-order chi connectivity index (χ1) is 12.7. The molecule has 0 aromatic heterocycles. The summed E-state index contributed by atoms with van der Waals surface area (Å²) < 4.78 is 28.0. The Kier molecular flexibility index (Phi) is 7.65. The first kappa shape index (κ1) is 20.4. The molecule has 3 saturated heterocycles. The zero-order valence-corrected chi connectivity index (χ0v) is 15.4. The lowest BCUT2D eigenvalue weighted by Gasteiger charge is -2.21. The van der Waals surface area contributed by atoms with Crippen molar-refractivity contribution < 1.29 is 39.0 Å². The van der Waals surface area contributed by atoms with Gasteiger partial charge < -0.3 is 39.0 Å². The van der Waals surface area contributed by atoms with Gasteiger partial charge in [-0.25, -0.2) is 0 Å². The van der Waals surface area contributed by atoms with Crippen LogP contribution in [0.15, 0.2) is 0 Å². The molecule has 0 aliphatic carbocycles. The maximum atomic E-state index is 9.87. The second kappa shape index (κ2) is 9.75. The van der Waals surface area contributed by atoms with Gasteiger partial charge in [-0.15, -0.1) is 0 Å². The average molecular weight is 376 g/mol. The summed E-state index contributed by atoms with van der Waals surface area (Å²) in [4.78, 5) is 0. The van der Waals surface area contributed by atoms with Crippen LogP contribution in [0.2, 0.25) is 0 Å². The highest BCUT2D eigenvalue weighted by atomic mass is 16.8. The Morgan fingerprint density at radius 3 is 2.23 bits per heavy atom. The smallest absolute Gasteiger partial charge is 0.186 e. The largest absolute Gasteiger partial charge is 0.394 e. The van der Waals surface area contributed by atoms with E-state index in [1.165, 1.54) is 32.1 Å². The van der Waals surface area contributed by atoms with Crippen LogP contribution in [-0.2, 0) is 23.7 Å². The molecule has 0 radical (unpaired) electrons. The van der Waals surface area contributed by atoms with Crippen molar-refractivity contribution in [1.29, 1.82) is 0 Å². The summed E-state index contributed by atoms with van der Waals surface area (Å²) in [6.45, 7) is 2.66. The third-order valence-electron chi connectivity index (χ3n) is 5.21. The summed E-state index contributed by atoms with van der Waals surface area (Å²) >= 11 is 0. The molecule has 0 bridgehead atoms. The van der Waals surface area contributed by atoms with Crippen LogP contribution in [0.3, 0.4) is 0 Å². The van der Waals surface area contributed by atoms with E-state index in [0.29, 0.717) is 6.61 Å². The fourth-order valence-corrected chi connectivity index (χ4v) is 3.52. The van der Waals surface area contributed by atoms with Gasteiger partial charge in [-0.3, -0.25) is 0 Å². The second-order valence-corrected chi connectivity index (χ2v) is 7.29. The van der Waals surface area contributed by atoms with Crippen LogP contribution in [0.4, 0.5) is 0 Å². The lowest BCUT2D eigenvalue weighted by molar-refractivity contribution is -0.216. The molecule has 0 unspecified atom stereocenters. The predicted octanol–water partition coefficient (Wildman–Crippen LogP) is 0.311. The van der Waals surface area contributed by atoms with Crippen molar-refractivity contribution in [3.05, 3.63) is 0 Å².